The molecule has 0 heterocycles. The molecule has 0 radical (unpaired) electrons. The van der Waals surface area contributed by atoms with Gasteiger partial charge in [0.1, 0.15) is 6.10 Å². The minimum Gasteiger partial charge on any atom is -0.366 e. The van der Waals surface area contributed by atoms with E-state index in [-0.39, 0.29) is 13.0 Å². The molecule has 0 spiro atoms. The summed E-state index contributed by atoms with van der Waals surface area (Å²) in [6, 6.07) is 16.4. The van der Waals surface area contributed by atoms with Gasteiger partial charge in [0.15, 0.2) is 0 Å². The summed E-state index contributed by atoms with van der Waals surface area (Å²) in [5.41, 5.74) is 1.88. The molecule has 0 bridgehead atoms. The predicted octanol–water partition coefficient (Wildman–Crippen LogP) is 4.73. The van der Waals surface area contributed by atoms with Gasteiger partial charge in [-0.3, -0.25) is 4.21 Å². The Morgan fingerprint density at radius 1 is 1.12 bits per heavy atom. The van der Waals surface area contributed by atoms with Crippen LogP contribution in [0.3, 0.4) is 0 Å². The van der Waals surface area contributed by atoms with Crippen molar-refractivity contribution in [1.29, 1.82) is 0 Å². The molecule has 2 aromatic carbocycles. The predicted molar refractivity (Wildman–Crippen MR) is 95.1 cm³/mol. The molecule has 2 nitrogen and oxygen atoms in total. The fourth-order valence-corrected chi connectivity index (χ4v) is 4.88. The van der Waals surface area contributed by atoms with Crippen LogP contribution >= 0.6 is 0 Å². The zero-order chi connectivity index (χ0) is 18.0. The van der Waals surface area contributed by atoms with E-state index in [1.807, 2.05) is 49.4 Å². The topological polar surface area (TPSA) is 26.3 Å². The molecule has 0 saturated heterocycles. The zero-order valence-electron chi connectivity index (χ0n) is 14.3. The highest BCUT2D eigenvalue weighted by molar-refractivity contribution is 7.85. The van der Waals surface area contributed by atoms with Crippen LogP contribution in [0.5, 0.6) is 0 Å². The molecule has 4 atom stereocenters. The van der Waals surface area contributed by atoms with Crippen molar-refractivity contribution >= 4 is 10.8 Å². The number of hydrogen-bond donors (Lipinski definition) is 0. The number of aryl methyl sites for hydroxylation is 1. The summed E-state index contributed by atoms with van der Waals surface area (Å²) in [6.07, 6.45) is -1.16. The lowest BCUT2D eigenvalue weighted by molar-refractivity contribution is -0.140. The summed E-state index contributed by atoms with van der Waals surface area (Å²) < 4.78 is 47.8. The van der Waals surface area contributed by atoms with E-state index in [2.05, 4.69) is 0 Å². The van der Waals surface area contributed by atoms with Crippen molar-refractivity contribution in [1.82, 2.24) is 0 Å². The normalized spacial score (nSPS) is 26.5. The summed E-state index contributed by atoms with van der Waals surface area (Å²) in [5.74, 6) is -3.84. The Morgan fingerprint density at radius 3 is 2.40 bits per heavy atom. The molecule has 3 rings (SSSR count). The lowest BCUT2D eigenvalue weighted by Gasteiger charge is -2.25. The molecule has 1 aliphatic carbocycles. The van der Waals surface area contributed by atoms with Gasteiger partial charge in [-0.25, -0.2) is 8.78 Å². The SMILES string of the molecule is Cc1ccc(S(=O)[C@@H]2C[C@H](C)C(F)(F)[C@@H]2OCc2ccccc2)cc1. The summed E-state index contributed by atoms with van der Waals surface area (Å²) in [7, 11) is -1.53. The van der Waals surface area contributed by atoms with Gasteiger partial charge >= 0.3 is 0 Å². The van der Waals surface area contributed by atoms with Crippen LogP contribution in [0.15, 0.2) is 59.5 Å². The second-order valence-electron chi connectivity index (χ2n) is 6.68. The molecule has 1 fully saturated rings. The first-order valence-electron chi connectivity index (χ1n) is 8.40. The van der Waals surface area contributed by atoms with Gasteiger partial charge in [-0.2, -0.15) is 0 Å². The molecule has 5 heteroatoms. The molecular weight excluding hydrogens is 342 g/mol. The molecular formula is C20H22F2O2S. The number of halogens is 2. The molecule has 1 unspecified atom stereocenters. The van der Waals surface area contributed by atoms with Crippen molar-refractivity contribution in [2.45, 2.75) is 49.0 Å². The number of ether oxygens (including phenoxy) is 1. The average Bonchev–Trinajstić information content (AvgIpc) is 2.83. The Balaban J connectivity index is 1.81. The van der Waals surface area contributed by atoms with Crippen LogP contribution in [-0.4, -0.2) is 21.5 Å². The molecule has 1 aliphatic rings. The van der Waals surface area contributed by atoms with E-state index in [9.17, 15) is 13.0 Å². The number of rotatable bonds is 5. The van der Waals surface area contributed by atoms with Gasteiger partial charge in [-0.15, -0.1) is 0 Å². The molecule has 0 N–H and O–H groups in total. The Labute approximate surface area is 149 Å². The van der Waals surface area contributed by atoms with E-state index >= 15 is 0 Å². The molecule has 0 aliphatic heterocycles. The maximum atomic E-state index is 14.6. The van der Waals surface area contributed by atoms with Crippen molar-refractivity contribution in [2.75, 3.05) is 0 Å². The zero-order valence-corrected chi connectivity index (χ0v) is 15.1. The number of alkyl halides is 2. The van der Waals surface area contributed by atoms with Gasteiger partial charge in [-0.05, 0) is 31.0 Å². The minimum atomic E-state index is -2.99. The fraction of sp³-hybridized carbons (Fsp3) is 0.400. The van der Waals surface area contributed by atoms with Crippen LogP contribution in [0, 0.1) is 12.8 Å². The lowest BCUT2D eigenvalue weighted by atomic mass is 10.1. The largest absolute Gasteiger partial charge is 0.366 e. The first-order valence-corrected chi connectivity index (χ1v) is 9.61. The second kappa shape index (κ2) is 7.34. The van der Waals surface area contributed by atoms with E-state index in [0.717, 1.165) is 11.1 Å². The Bertz CT molecular complexity index is 731. The third kappa shape index (κ3) is 3.82. The van der Waals surface area contributed by atoms with Gasteiger partial charge < -0.3 is 4.74 Å². The van der Waals surface area contributed by atoms with Crippen molar-refractivity contribution in [3.63, 3.8) is 0 Å². The van der Waals surface area contributed by atoms with Crippen molar-refractivity contribution in [2.24, 2.45) is 5.92 Å². The maximum Gasteiger partial charge on any atom is 0.277 e. The first kappa shape index (κ1) is 18.2. The molecule has 2 aromatic rings. The van der Waals surface area contributed by atoms with Crippen molar-refractivity contribution < 1.29 is 17.7 Å². The molecule has 0 amide bonds. The highest BCUT2D eigenvalue weighted by Gasteiger charge is 2.58. The van der Waals surface area contributed by atoms with Crippen LogP contribution in [0.1, 0.15) is 24.5 Å². The van der Waals surface area contributed by atoms with Crippen LogP contribution in [0.25, 0.3) is 0 Å². The second-order valence-corrected chi connectivity index (χ2v) is 8.35. The highest BCUT2D eigenvalue weighted by Crippen LogP contribution is 2.45. The third-order valence-electron chi connectivity index (χ3n) is 4.76. The van der Waals surface area contributed by atoms with Gasteiger partial charge in [-0.1, -0.05) is 55.0 Å². The third-order valence-corrected chi connectivity index (χ3v) is 6.49. The number of benzene rings is 2. The molecule has 1 saturated carbocycles. The maximum absolute atomic E-state index is 14.6. The standard InChI is InChI=1S/C20H22F2O2S/c1-14-8-10-17(11-9-14)25(23)18-12-15(2)20(21,22)19(18)24-13-16-6-4-3-5-7-16/h3-11,15,18-19H,12-13H2,1-2H3/t15-,18+,19+,25?/m0/s1. The molecule has 134 valence electrons. The average molecular weight is 364 g/mol. The van der Waals surface area contributed by atoms with Gasteiger partial charge in [0, 0.05) is 10.8 Å². The van der Waals surface area contributed by atoms with Gasteiger partial charge in [0.2, 0.25) is 0 Å². The lowest BCUT2D eigenvalue weighted by Crippen LogP contribution is -2.40. The minimum absolute atomic E-state index is 0.0927. The van der Waals surface area contributed by atoms with Crippen LogP contribution in [0.2, 0.25) is 0 Å². The first-order chi connectivity index (χ1) is 11.9. The number of hydrogen-bond acceptors (Lipinski definition) is 2. The summed E-state index contributed by atoms with van der Waals surface area (Å²) in [4.78, 5) is 0.578. The van der Waals surface area contributed by atoms with E-state index in [1.54, 1.807) is 12.1 Å². The van der Waals surface area contributed by atoms with Crippen LogP contribution in [0.4, 0.5) is 8.78 Å². The van der Waals surface area contributed by atoms with E-state index in [0.29, 0.717) is 4.90 Å². The molecule has 25 heavy (non-hydrogen) atoms. The van der Waals surface area contributed by atoms with Crippen LogP contribution in [-0.2, 0) is 22.1 Å². The highest BCUT2D eigenvalue weighted by atomic mass is 32.2. The summed E-state index contributed by atoms with van der Waals surface area (Å²) >= 11 is 0. The smallest absolute Gasteiger partial charge is 0.277 e. The quantitative estimate of drug-likeness (QED) is 0.767. The van der Waals surface area contributed by atoms with E-state index in [1.165, 1.54) is 6.92 Å². The van der Waals surface area contributed by atoms with Crippen molar-refractivity contribution in [3.8, 4) is 0 Å². The van der Waals surface area contributed by atoms with Gasteiger partial charge in [0.05, 0.1) is 22.7 Å². The van der Waals surface area contributed by atoms with Crippen molar-refractivity contribution in [3.05, 3.63) is 65.7 Å². The summed E-state index contributed by atoms with van der Waals surface area (Å²) in [6.45, 7) is 3.53. The fourth-order valence-electron chi connectivity index (χ4n) is 3.18. The van der Waals surface area contributed by atoms with Gasteiger partial charge in [0.25, 0.3) is 5.92 Å². The van der Waals surface area contributed by atoms with E-state index in [4.69, 9.17) is 4.74 Å². The Hall–Kier alpha value is -1.59. The van der Waals surface area contributed by atoms with E-state index < -0.39 is 34.0 Å². The Kier molecular flexibility index (Phi) is 5.35. The summed E-state index contributed by atoms with van der Waals surface area (Å²) in [5, 5.41) is -0.712. The van der Waals surface area contributed by atoms with Crippen LogP contribution < -0.4 is 0 Å². The molecule has 0 aromatic heterocycles. The Morgan fingerprint density at radius 2 is 1.76 bits per heavy atom. The monoisotopic (exact) mass is 364 g/mol.